The monoisotopic (exact) mass is 418 g/mol. The lowest BCUT2D eigenvalue weighted by Crippen LogP contribution is -2.47. The van der Waals surface area contributed by atoms with E-state index < -0.39 is 27.7 Å². The van der Waals surface area contributed by atoms with Crippen molar-refractivity contribution >= 4 is 21.7 Å². The Morgan fingerprint density at radius 1 is 1.10 bits per heavy atom. The van der Waals surface area contributed by atoms with Crippen LogP contribution in [0.4, 0.5) is 0 Å². The number of rotatable bonds is 9. The molecular formula is C21H26N2O5S. The molecule has 0 saturated heterocycles. The topological polar surface area (TPSA) is 102 Å². The third kappa shape index (κ3) is 7.57. The fourth-order valence-corrected chi connectivity index (χ4v) is 3.35. The summed E-state index contributed by atoms with van der Waals surface area (Å²) >= 11 is 0. The van der Waals surface area contributed by atoms with Crippen LogP contribution in [-0.4, -0.2) is 45.4 Å². The lowest BCUT2D eigenvalue weighted by atomic mass is 10.1. The van der Waals surface area contributed by atoms with Gasteiger partial charge in [-0.25, -0.2) is 8.42 Å². The van der Waals surface area contributed by atoms with Gasteiger partial charge in [0.1, 0.15) is 21.6 Å². The van der Waals surface area contributed by atoms with Gasteiger partial charge in [0.05, 0.1) is 12.9 Å². The minimum absolute atomic E-state index is 0.00909. The van der Waals surface area contributed by atoms with Crippen LogP contribution in [-0.2, 0) is 21.2 Å². The molecule has 0 aliphatic heterocycles. The summed E-state index contributed by atoms with van der Waals surface area (Å²) in [5.74, 6) is -0.365. The SMILES string of the molecule is COc1ccc(CNC(=O)C(CCS(C)(=O)=O)NC(=O)c2cccc(C)c2)cc1. The van der Waals surface area contributed by atoms with Crippen LogP contribution in [0.1, 0.15) is 27.9 Å². The molecule has 2 aromatic carbocycles. The molecule has 156 valence electrons. The number of benzene rings is 2. The Morgan fingerprint density at radius 3 is 2.38 bits per heavy atom. The third-order valence-corrected chi connectivity index (χ3v) is 5.28. The van der Waals surface area contributed by atoms with Crippen molar-refractivity contribution in [2.75, 3.05) is 19.1 Å². The number of carbonyl (C=O) groups excluding carboxylic acids is 2. The Morgan fingerprint density at radius 2 is 1.79 bits per heavy atom. The first kappa shape index (κ1) is 22.4. The van der Waals surface area contributed by atoms with E-state index in [2.05, 4.69) is 10.6 Å². The van der Waals surface area contributed by atoms with Crippen molar-refractivity contribution < 1.29 is 22.7 Å². The zero-order chi connectivity index (χ0) is 21.4. The first-order valence-electron chi connectivity index (χ1n) is 9.14. The number of aryl methyl sites for hydroxylation is 1. The van der Waals surface area contributed by atoms with Gasteiger partial charge in [0, 0.05) is 18.4 Å². The van der Waals surface area contributed by atoms with Gasteiger partial charge < -0.3 is 15.4 Å². The number of carbonyl (C=O) groups is 2. The summed E-state index contributed by atoms with van der Waals surface area (Å²) in [6.45, 7) is 2.11. The van der Waals surface area contributed by atoms with E-state index >= 15 is 0 Å². The second kappa shape index (κ2) is 10.1. The van der Waals surface area contributed by atoms with Crippen molar-refractivity contribution in [1.82, 2.24) is 10.6 Å². The second-order valence-electron chi connectivity index (χ2n) is 6.88. The number of ether oxygens (including phenoxy) is 1. The Labute approximate surface area is 171 Å². The maximum atomic E-state index is 12.6. The van der Waals surface area contributed by atoms with Gasteiger partial charge in [-0.1, -0.05) is 29.8 Å². The van der Waals surface area contributed by atoms with Crippen LogP contribution in [0.3, 0.4) is 0 Å². The van der Waals surface area contributed by atoms with Crippen molar-refractivity contribution in [2.45, 2.75) is 25.9 Å². The Bertz CT molecular complexity index is 955. The molecule has 1 atom stereocenters. The molecule has 0 radical (unpaired) electrons. The predicted molar refractivity (Wildman–Crippen MR) is 112 cm³/mol. The average Bonchev–Trinajstić information content (AvgIpc) is 2.68. The summed E-state index contributed by atoms with van der Waals surface area (Å²) in [4.78, 5) is 25.2. The highest BCUT2D eigenvalue weighted by Gasteiger charge is 2.23. The first-order valence-corrected chi connectivity index (χ1v) is 11.2. The van der Waals surface area contributed by atoms with E-state index in [1.165, 1.54) is 0 Å². The zero-order valence-corrected chi connectivity index (χ0v) is 17.6. The van der Waals surface area contributed by atoms with Gasteiger partial charge in [0.2, 0.25) is 5.91 Å². The van der Waals surface area contributed by atoms with Crippen molar-refractivity contribution in [3.63, 3.8) is 0 Å². The van der Waals surface area contributed by atoms with Gasteiger partial charge in [0.15, 0.2) is 0 Å². The number of hydrogen-bond donors (Lipinski definition) is 2. The smallest absolute Gasteiger partial charge is 0.251 e. The summed E-state index contributed by atoms with van der Waals surface area (Å²) in [5, 5.41) is 5.40. The molecule has 1 unspecified atom stereocenters. The largest absolute Gasteiger partial charge is 0.497 e. The van der Waals surface area contributed by atoms with E-state index in [9.17, 15) is 18.0 Å². The van der Waals surface area contributed by atoms with Gasteiger partial charge >= 0.3 is 0 Å². The minimum atomic E-state index is -3.28. The molecule has 0 bridgehead atoms. The highest BCUT2D eigenvalue weighted by Crippen LogP contribution is 2.11. The molecule has 29 heavy (non-hydrogen) atoms. The van der Waals surface area contributed by atoms with E-state index in [1.54, 1.807) is 37.4 Å². The lowest BCUT2D eigenvalue weighted by molar-refractivity contribution is -0.123. The van der Waals surface area contributed by atoms with E-state index in [1.807, 2.05) is 25.1 Å². The van der Waals surface area contributed by atoms with E-state index in [0.29, 0.717) is 11.3 Å². The van der Waals surface area contributed by atoms with Crippen LogP contribution in [0.15, 0.2) is 48.5 Å². The molecule has 2 rings (SSSR count). The highest BCUT2D eigenvalue weighted by molar-refractivity contribution is 7.90. The molecule has 2 amide bonds. The zero-order valence-electron chi connectivity index (χ0n) is 16.8. The van der Waals surface area contributed by atoms with Crippen LogP contribution < -0.4 is 15.4 Å². The van der Waals surface area contributed by atoms with Gasteiger partial charge in [-0.05, 0) is 43.2 Å². The highest BCUT2D eigenvalue weighted by atomic mass is 32.2. The van der Waals surface area contributed by atoms with Gasteiger partial charge in [-0.2, -0.15) is 0 Å². The summed E-state index contributed by atoms with van der Waals surface area (Å²) < 4.78 is 28.2. The molecule has 0 saturated carbocycles. The molecular weight excluding hydrogens is 392 g/mol. The molecule has 0 spiro atoms. The standard InChI is InChI=1S/C21H26N2O5S/c1-15-5-4-6-17(13-15)20(24)23-19(11-12-29(3,26)27)21(25)22-14-16-7-9-18(28-2)10-8-16/h4-10,13,19H,11-12,14H2,1-3H3,(H,22,25)(H,23,24). The van der Waals surface area contributed by atoms with Crippen LogP contribution in [0, 0.1) is 6.92 Å². The fraction of sp³-hybridized carbons (Fsp3) is 0.333. The molecule has 2 N–H and O–H groups in total. The molecule has 0 aliphatic rings. The fourth-order valence-electron chi connectivity index (χ4n) is 2.68. The molecule has 0 fully saturated rings. The molecule has 0 aromatic heterocycles. The maximum absolute atomic E-state index is 12.6. The van der Waals surface area contributed by atoms with E-state index in [-0.39, 0.29) is 18.7 Å². The van der Waals surface area contributed by atoms with Gasteiger partial charge in [-0.15, -0.1) is 0 Å². The normalized spacial score (nSPS) is 12.1. The third-order valence-electron chi connectivity index (χ3n) is 4.31. The van der Waals surface area contributed by atoms with Gasteiger partial charge in [0.25, 0.3) is 5.91 Å². The Kier molecular flexibility index (Phi) is 7.78. The van der Waals surface area contributed by atoms with Gasteiger partial charge in [-0.3, -0.25) is 9.59 Å². The predicted octanol–water partition coefficient (Wildman–Crippen LogP) is 1.85. The maximum Gasteiger partial charge on any atom is 0.251 e. The molecule has 2 aromatic rings. The molecule has 0 heterocycles. The van der Waals surface area contributed by atoms with Crippen LogP contribution in [0.25, 0.3) is 0 Å². The van der Waals surface area contributed by atoms with Crippen LogP contribution in [0.5, 0.6) is 5.75 Å². The number of sulfone groups is 1. The van der Waals surface area contributed by atoms with Crippen LogP contribution in [0.2, 0.25) is 0 Å². The van der Waals surface area contributed by atoms with Crippen molar-refractivity contribution in [2.24, 2.45) is 0 Å². The summed E-state index contributed by atoms with van der Waals surface area (Å²) in [6.07, 6.45) is 1.09. The lowest BCUT2D eigenvalue weighted by Gasteiger charge is -2.18. The average molecular weight is 419 g/mol. The quantitative estimate of drug-likeness (QED) is 0.647. The van der Waals surface area contributed by atoms with Crippen molar-refractivity contribution in [3.8, 4) is 5.75 Å². The van der Waals surface area contributed by atoms with E-state index in [4.69, 9.17) is 4.74 Å². The minimum Gasteiger partial charge on any atom is -0.497 e. The Balaban J connectivity index is 2.06. The summed E-state index contributed by atoms with van der Waals surface area (Å²) in [5.41, 5.74) is 2.18. The number of amides is 2. The molecule has 8 heteroatoms. The number of methoxy groups -OCH3 is 1. The second-order valence-corrected chi connectivity index (χ2v) is 9.14. The van der Waals surface area contributed by atoms with Crippen molar-refractivity contribution in [3.05, 3.63) is 65.2 Å². The van der Waals surface area contributed by atoms with E-state index in [0.717, 1.165) is 17.4 Å². The summed E-state index contributed by atoms with van der Waals surface area (Å²) in [7, 11) is -1.71. The first-order chi connectivity index (χ1) is 13.7. The molecule has 0 aliphatic carbocycles. The molecule has 7 nitrogen and oxygen atoms in total. The van der Waals surface area contributed by atoms with Crippen LogP contribution >= 0.6 is 0 Å². The van der Waals surface area contributed by atoms with Crippen molar-refractivity contribution in [1.29, 1.82) is 0 Å². The Hall–Kier alpha value is -2.87. The number of nitrogens with one attached hydrogen (secondary N) is 2. The number of hydrogen-bond acceptors (Lipinski definition) is 5. The summed E-state index contributed by atoms with van der Waals surface area (Å²) in [6, 6.07) is 13.2.